The van der Waals surface area contributed by atoms with Crippen molar-refractivity contribution in [1.82, 2.24) is 9.47 Å². The molecule has 1 saturated heterocycles. The van der Waals surface area contributed by atoms with E-state index in [4.69, 9.17) is 4.74 Å². The van der Waals surface area contributed by atoms with Gasteiger partial charge in [0.15, 0.2) is 5.78 Å². The predicted octanol–water partition coefficient (Wildman–Crippen LogP) is 1.76. The van der Waals surface area contributed by atoms with Gasteiger partial charge in [-0.1, -0.05) is 0 Å². The van der Waals surface area contributed by atoms with Crippen LogP contribution in [0.3, 0.4) is 0 Å². The fraction of sp³-hybridized carbons (Fsp3) is 0.538. The Morgan fingerprint density at radius 3 is 2.67 bits per heavy atom. The van der Waals surface area contributed by atoms with Gasteiger partial charge in [0.25, 0.3) is 0 Å². The van der Waals surface area contributed by atoms with E-state index in [-0.39, 0.29) is 12.3 Å². The molecule has 5 heteroatoms. The van der Waals surface area contributed by atoms with Crippen LogP contribution < -0.4 is 0 Å². The van der Waals surface area contributed by atoms with Gasteiger partial charge in [0.05, 0.1) is 13.1 Å². The van der Waals surface area contributed by atoms with E-state index in [9.17, 15) is 9.59 Å². The number of Topliss-reactive ketones (excluding diaryl/α,β-unsaturated/α-hetero) is 1. The number of carbonyl (C=O) groups is 2. The van der Waals surface area contributed by atoms with E-state index in [1.165, 1.54) is 4.90 Å². The van der Waals surface area contributed by atoms with E-state index in [2.05, 4.69) is 4.57 Å². The Labute approximate surface area is 106 Å². The van der Waals surface area contributed by atoms with E-state index in [0.717, 1.165) is 17.9 Å². The number of amides is 1. The maximum absolute atomic E-state index is 12.2. The van der Waals surface area contributed by atoms with Crippen molar-refractivity contribution in [3.63, 3.8) is 0 Å². The molecule has 98 valence electrons. The van der Waals surface area contributed by atoms with Crippen LogP contribution >= 0.6 is 0 Å². The summed E-state index contributed by atoms with van der Waals surface area (Å²) in [5.74, 6) is -0.0262. The molecule has 0 spiro atoms. The van der Waals surface area contributed by atoms with Crippen molar-refractivity contribution in [2.24, 2.45) is 0 Å². The summed E-state index contributed by atoms with van der Waals surface area (Å²) in [6.07, 6.45) is -0.396. The van der Waals surface area contributed by atoms with Crippen LogP contribution in [0.2, 0.25) is 0 Å². The highest BCUT2D eigenvalue weighted by Crippen LogP contribution is 2.16. The minimum atomic E-state index is -0.396. The summed E-state index contributed by atoms with van der Waals surface area (Å²) < 4.78 is 6.90. The van der Waals surface area contributed by atoms with E-state index in [1.54, 1.807) is 0 Å². The van der Waals surface area contributed by atoms with Crippen molar-refractivity contribution in [2.75, 3.05) is 19.7 Å². The number of carbonyl (C=O) groups excluding carboxylic acids is 2. The Balaban J connectivity index is 2.16. The topological polar surface area (TPSA) is 51.5 Å². The maximum atomic E-state index is 12.2. The summed E-state index contributed by atoms with van der Waals surface area (Å²) in [5.41, 5.74) is 2.74. The van der Waals surface area contributed by atoms with Crippen molar-refractivity contribution in [3.8, 4) is 0 Å². The van der Waals surface area contributed by atoms with Crippen molar-refractivity contribution >= 4 is 11.9 Å². The minimum Gasteiger partial charge on any atom is -0.448 e. The molecule has 1 fully saturated rings. The molecular formula is C13H18N2O3. The van der Waals surface area contributed by atoms with E-state index in [1.807, 2.05) is 26.8 Å². The van der Waals surface area contributed by atoms with Crippen LogP contribution in [0.1, 0.15) is 28.7 Å². The molecule has 1 aliphatic rings. The molecule has 0 aliphatic carbocycles. The van der Waals surface area contributed by atoms with Gasteiger partial charge in [0.2, 0.25) is 0 Å². The predicted molar refractivity (Wildman–Crippen MR) is 66.8 cm³/mol. The second-order valence-corrected chi connectivity index (χ2v) is 4.49. The molecule has 5 nitrogen and oxygen atoms in total. The number of ether oxygens (including phenoxy) is 1. The molecule has 1 aliphatic heterocycles. The zero-order chi connectivity index (χ0) is 13.3. The molecule has 2 heterocycles. The first-order valence-corrected chi connectivity index (χ1v) is 6.16. The third kappa shape index (κ3) is 2.12. The fourth-order valence-electron chi connectivity index (χ4n) is 2.40. The summed E-state index contributed by atoms with van der Waals surface area (Å²) in [7, 11) is 0. The third-order valence-electron chi connectivity index (χ3n) is 3.37. The second-order valence-electron chi connectivity index (χ2n) is 4.49. The lowest BCUT2D eigenvalue weighted by Crippen LogP contribution is -2.30. The van der Waals surface area contributed by atoms with Gasteiger partial charge in [-0.05, 0) is 26.8 Å². The maximum Gasteiger partial charge on any atom is 0.410 e. The highest BCUT2D eigenvalue weighted by molar-refractivity contribution is 6.00. The lowest BCUT2D eigenvalue weighted by atomic mass is 10.1. The van der Waals surface area contributed by atoms with Crippen LogP contribution in [0.4, 0.5) is 4.79 Å². The molecule has 18 heavy (non-hydrogen) atoms. The lowest BCUT2D eigenvalue weighted by molar-refractivity contribution is 0.0943. The second kappa shape index (κ2) is 4.84. The van der Waals surface area contributed by atoms with Crippen molar-refractivity contribution in [1.29, 1.82) is 0 Å². The Bertz CT molecular complexity index is 491. The van der Waals surface area contributed by atoms with Crippen LogP contribution in [0.15, 0.2) is 6.07 Å². The first kappa shape index (κ1) is 12.7. The van der Waals surface area contributed by atoms with Crippen molar-refractivity contribution in [3.05, 3.63) is 23.0 Å². The Kier molecular flexibility index (Phi) is 3.41. The Hall–Kier alpha value is -1.78. The zero-order valence-corrected chi connectivity index (χ0v) is 11.0. The van der Waals surface area contributed by atoms with Crippen molar-refractivity contribution < 1.29 is 14.3 Å². The van der Waals surface area contributed by atoms with Gasteiger partial charge in [0, 0.05) is 23.5 Å². The monoisotopic (exact) mass is 250 g/mol. The number of hydrogen-bond donors (Lipinski definition) is 0. The largest absolute Gasteiger partial charge is 0.448 e. The number of rotatable bonds is 4. The van der Waals surface area contributed by atoms with Gasteiger partial charge < -0.3 is 9.30 Å². The average molecular weight is 250 g/mol. The molecule has 1 aromatic heterocycles. The fourth-order valence-corrected chi connectivity index (χ4v) is 2.40. The number of ketones is 1. The number of cyclic esters (lactones) is 1. The van der Waals surface area contributed by atoms with Gasteiger partial charge in [-0.3, -0.25) is 9.69 Å². The first-order valence-electron chi connectivity index (χ1n) is 6.16. The number of aryl methyl sites for hydroxylation is 1. The molecule has 1 amide bonds. The van der Waals surface area contributed by atoms with E-state index < -0.39 is 6.09 Å². The molecule has 0 radical (unpaired) electrons. The van der Waals surface area contributed by atoms with Gasteiger partial charge in [-0.15, -0.1) is 0 Å². The normalized spacial score (nSPS) is 15.1. The molecule has 0 unspecified atom stereocenters. The standard InChI is InChI=1S/C13H18N2O3/c1-4-15-9(2)7-11(10(15)3)12(16)8-14-5-6-18-13(14)17/h7H,4-6,8H2,1-3H3. The van der Waals surface area contributed by atoms with Crippen LogP contribution in [0, 0.1) is 13.8 Å². The van der Waals surface area contributed by atoms with Crippen LogP contribution in [0.5, 0.6) is 0 Å². The SMILES string of the molecule is CCn1c(C)cc(C(=O)CN2CCOC2=O)c1C. The molecule has 2 rings (SSSR count). The molecular weight excluding hydrogens is 232 g/mol. The Morgan fingerprint density at radius 2 is 2.17 bits per heavy atom. The summed E-state index contributed by atoms with van der Waals surface area (Å²) in [6, 6.07) is 1.89. The van der Waals surface area contributed by atoms with Gasteiger partial charge in [-0.2, -0.15) is 0 Å². The average Bonchev–Trinajstić information content (AvgIpc) is 2.84. The van der Waals surface area contributed by atoms with Crippen molar-refractivity contribution in [2.45, 2.75) is 27.3 Å². The minimum absolute atomic E-state index is 0.0262. The van der Waals surface area contributed by atoms with Crippen LogP contribution in [-0.4, -0.2) is 41.0 Å². The first-order chi connectivity index (χ1) is 8.54. The quantitative estimate of drug-likeness (QED) is 0.765. The third-order valence-corrected chi connectivity index (χ3v) is 3.37. The van der Waals surface area contributed by atoms with E-state index in [0.29, 0.717) is 18.7 Å². The summed E-state index contributed by atoms with van der Waals surface area (Å²) >= 11 is 0. The molecule has 0 aromatic carbocycles. The van der Waals surface area contributed by atoms with Gasteiger partial charge >= 0.3 is 6.09 Å². The number of hydrogen-bond acceptors (Lipinski definition) is 3. The smallest absolute Gasteiger partial charge is 0.410 e. The molecule has 0 saturated carbocycles. The number of nitrogens with zero attached hydrogens (tertiary/aromatic N) is 2. The molecule has 1 aromatic rings. The lowest BCUT2D eigenvalue weighted by Gasteiger charge is -2.11. The van der Waals surface area contributed by atoms with Crippen LogP contribution in [0.25, 0.3) is 0 Å². The van der Waals surface area contributed by atoms with Gasteiger partial charge in [-0.25, -0.2) is 4.79 Å². The summed E-state index contributed by atoms with van der Waals surface area (Å²) in [4.78, 5) is 24.9. The zero-order valence-electron chi connectivity index (χ0n) is 11.0. The highest BCUT2D eigenvalue weighted by atomic mass is 16.6. The molecule has 0 atom stereocenters. The summed E-state index contributed by atoms with van der Waals surface area (Å²) in [5, 5.41) is 0. The molecule has 0 N–H and O–H groups in total. The van der Waals surface area contributed by atoms with Crippen LogP contribution in [-0.2, 0) is 11.3 Å². The Morgan fingerprint density at radius 1 is 1.44 bits per heavy atom. The number of aromatic nitrogens is 1. The summed E-state index contributed by atoms with van der Waals surface area (Å²) in [6.45, 7) is 7.79. The highest BCUT2D eigenvalue weighted by Gasteiger charge is 2.26. The molecule has 0 bridgehead atoms. The van der Waals surface area contributed by atoms with Gasteiger partial charge in [0.1, 0.15) is 6.61 Å². The van der Waals surface area contributed by atoms with E-state index >= 15 is 0 Å².